The van der Waals surface area contributed by atoms with Crippen LogP contribution in [-0.2, 0) is 22.5 Å². The second-order valence-electron chi connectivity index (χ2n) is 5.13. The maximum absolute atomic E-state index is 12.1. The first-order valence-electron chi connectivity index (χ1n) is 7.14. The first-order chi connectivity index (χ1) is 9.65. The molecule has 1 atom stereocenters. The van der Waals surface area contributed by atoms with Crippen LogP contribution in [0.3, 0.4) is 0 Å². The van der Waals surface area contributed by atoms with Crippen LogP contribution < -0.4 is 0 Å². The lowest BCUT2D eigenvalue weighted by atomic mass is 10.1. The Labute approximate surface area is 119 Å². The highest BCUT2D eigenvalue weighted by Crippen LogP contribution is 2.17. The number of carbonyl (C=O) groups is 1. The summed E-state index contributed by atoms with van der Waals surface area (Å²) in [7, 11) is 1.63. The van der Waals surface area contributed by atoms with Crippen LogP contribution in [0, 0.1) is 0 Å². The number of ketones is 1. The van der Waals surface area contributed by atoms with E-state index in [9.17, 15) is 4.79 Å². The molecule has 0 aliphatic carbocycles. The van der Waals surface area contributed by atoms with Crippen LogP contribution in [0.1, 0.15) is 32.5 Å². The fourth-order valence-electron chi connectivity index (χ4n) is 2.39. The number of methoxy groups -OCH3 is 1. The number of ether oxygens (including phenoxy) is 1. The Hall–Kier alpha value is -1.68. The maximum atomic E-state index is 12.1. The molecule has 4 heteroatoms. The predicted molar refractivity (Wildman–Crippen MR) is 79.8 cm³/mol. The molecule has 0 fully saturated rings. The van der Waals surface area contributed by atoms with Gasteiger partial charge in [0.1, 0.15) is 11.6 Å². The van der Waals surface area contributed by atoms with Crippen LogP contribution in [-0.4, -0.2) is 28.5 Å². The van der Waals surface area contributed by atoms with Gasteiger partial charge in [0.05, 0.1) is 23.6 Å². The Balaban J connectivity index is 2.24. The molecule has 108 valence electrons. The van der Waals surface area contributed by atoms with Crippen molar-refractivity contribution < 1.29 is 9.53 Å². The van der Waals surface area contributed by atoms with Crippen LogP contribution in [0.15, 0.2) is 24.3 Å². The molecule has 0 aliphatic rings. The van der Waals surface area contributed by atoms with Gasteiger partial charge in [0.15, 0.2) is 0 Å². The molecule has 1 unspecified atom stereocenters. The Morgan fingerprint density at radius 2 is 2.15 bits per heavy atom. The minimum atomic E-state index is -0.0356. The van der Waals surface area contributed by atoms with Crippen molar-refractivity contribution in [2.75, 3.05) is 7.11 Å². The highest BCUT2D eigenvalue weighted by atomic mass is 16.5. The minimum absolute atomic E-state index is 0.0356. The van der Waals surface area contributed by atoms with Crippen LogP contribution in [0.2, 0.25) is 0 Å². The van der Waals surface area contributed by atoms with E-state index >= 15 is 0 Å². The Kier molecular flexibility index (Phi) is 4.90. The Morgan fingerprint density at radius 3 is 2.85 bits per heavy atom. The van der Waals surface area contributed by atoms with Crippen molar-refractivity contribution in [3.8, 4) is 0 Å². The number of aryl methyl sites for hydroxylation is 1. The molecule has 2 rings (SSSR count). The molecule has 0 aliphatic heterocycles. The van der Waals surface area contributed by atoms with Gasteiger partial charge in [-0.2, -0.15) is 0 Å². The van der Waals surface area contributed by atoms with Crippen molar-refractivity contribution >= 4 is 16.8 Å². The van der Waals surface area contributed by atoms with E-state index in [1.165, 1.54) is 0 Å². The third-order valence-electron chi connectivity index (χ3n) is 3.45. The highest BCUT2D eigenvalue weighted by molar-refractivity contribution is 5.82. The number of carbonyl (C=O) groups excluding carboxylic acids is 1. The van der Waals surface area contributed by atoms with E-state index < -0.39 is 0 Å². The summed E-state index contributed by atoms with van der Waals surface area (Å²) >= 11 is 0. The number of imidazole rings is 1. The number of fused-ring (bicyclic) bond motifs is 1. The lowest BCUT2D eigenvalue weighted by Crippen LogP contribution is -2.16. The molecule has 0 N–H and O–H groups in total. The number of rotatable bonds is 7. The lowest BCUT2D eigenvalue weighted by molar-refractivity contribution is -0.120. The topological polar surface area (TPSA) is 44.1 Å². The molecular weight excluding hydrogens is 252 g/mol. The van der Waals surface area contributed by atoms with Gasteiger partial charge in [-0.05, 0) is 25.5 Å². The van der Waals surface area contributed by atoms with Crippen LogP contribution >= 0.6 is 0 Å². The third kappa shape index (κ3) is 3.25. The Morgan fingerprint density at radius 1 is 1.40 bits per heavy atom. The molecule has 0 saturated carbocycles. The van der Waals surface area contributed by atoms with E-state index in [1.54, 1.807) is 7.11 Å². The normalized spacial score (nSPS) is 12.8. The number of hydrogen-bond acceptors (Lipinski definition) is 3. The van der Waals surface area contributed by atoms with Gasteiger partial charge in [0.25, 0.3) is 0 Å². The first kappa shape index (κ1) is 14.7. The molecule has 2 aromatic rings. The smallest absolute Gasteiger partial charge is 0.142 e. The number of aromatic nitrogens is 2. The molecule has 0 bridgehead atoms. The average Bonchev–Trinajstić information content (AvgIpc) is 2.77. The Bertz CT molecular complexity index is 589. The largest absolute Gasteiger partial charge is 0.381 e. The molecule has 0 saturated heterocycles. The van der Waals surface area contributed by atoms with Gasteiger partial charge < -0.3 is 9.30 Å². The summed E-state index contributed by atoms with van der Waals surface area (Å²) in [5.74, 6) is 1.04. The van der Waals surface area contributed by atoms with Gasteiger partial charge in [-0.1, -0.05) is 19.1 Å². The zero-order valence-corrected chi connectivity index (χ0v) is 12.4. The van der Waals surface area contributed by atoms with Crippen LogP contribution in [0.25, 0.3) is 11.0 Å². The van der Waals surface area contributed by atoms with E-state index in [-0.39, 0.29) is 11.9 Å². The van der Waals surface area contributed by atoms with Crippen molar-refractivity contribution in [1.82, 2.24) is 9.55 Å². The van der Waals surface area contributed by atoms with E-state index in [0.717, 1.165) is 29.8 Å². The molecular formula is C16H22N2O2. The zero-order chi connectivity index (χ0) is 14.5. The van der Waals surface area contributed by atoms with Crippen LogP contribution in [0.4, 0.5) is 0 Å². The number of benzene rings is 1. The van der Waals surface area contributed by atoms with Crippen LogP contribution in [0.5, 0.6) is 0 Å². The minimum Gasteiger partial charge on any atom is -0.381 e. The molecule has 1 aromatic carbocycles. The first-order valence-corrected chi connectivity index (χ1v) is 7.14. The summed E-state index contributed by atoms with van der Waals surface area (Å²) in [6, 6.07) is 8.04. The van der Waals surface area contributed by atoms with E-state index in [4.69, 9.17) is 4.74 Å². The zero-order valence-electron chi connectivity index (χ0n) is 12.4. The van der Waals surface area contributed by atoms with E-state index in [2.05, 4.69) is 22.5 Å². The van der Waals surface area contributed by atoms with Crippen molar-refractivity contribution in [2.24, 2.45) is 0 Å². The second-order valence-corrected chi connectivity index (χ2v) is 5.13. The monoisotopic (exact) mass is 274 g/mol. The predicted octanol–water partition coefficient (Wildman–Crippen LogP) is 2.98. The average molecular weight is 274 g/mol. The highest BCUT2D eigenvalue weighted by Gasteiger charge is 2.15. The summed E-state index contributed by atoms with van der Waals surface area (Å²) in [5.41, 5.74) is 2.07. The molecule has 0 spiro atoms. The summed E-state index contributed by atoms with van der Waals surface area (Å²) in [4.78, 5) is 16.7. The molecule has 4 nitrogen and oxygen atoms in total. The SMILES string of the molecule is CCCn1c(CC(=O)CC(C)OC)nc2ccccc21. The second kappa shape index (κ2) is 6.66. The van der Waals surface area contributed by atoms with Crippen molar-refractivity contribution in [2.45, 2.75) is 45.8 Å². The van der Waals surface area contributed by atoms with Gasteiger partial charge in [-0.15, -0.1) is 0 Å². The summed E-state index contributed by atoms with van der Waals surface area (Å²) in [6.45, 7) is 4.93. The van der Waals surface area contributed by atoms with E-state index in [0.29, 0.717) is 12.8 Å². The standard InChI is InChI=1S/C16H22N2O2/c1-4-9-18-15-8-6-5-7-14(15)17-16(18)11-13(19)10-12(2)20-3/h5-8,12H,4,9-11H2,1-3H3. The summed E-state index contributed by atoms with van der Waals surface area (Å²) < 4.78 is 7.30. The van der Waals surface area contributed by atoms with Crippen molar-refractivity contribution in [3.05, 3.63) is 30.1 Å². The van der Waals surface area contributed by atoms with Gasteiger partial charge in [0.2, 0.25) is 0 Å². The molecule has 20 heavy (non-hydrogen) atoms. The molecule has 1 heterocycles. The lowest BCUT2D eigenvalue weighted by Gasteiger charge is -2.10. The molecule has 0 radical (unpaired) electrons. The number of Topliss-reactive ketones (excluding diaryl/α,β-unsaturated/α-hetero) is 1. The summed E-state index contributed by atoms with van der Waals surface area (Å²) in [5, 5.41) is 0. The fraction of sp³-hybridized carbons (Fsp3) is 0.500. The third-order valence-corrected chi connectivity index (χ3v) is 3.45. The van der Waals surface area contributed by atoms with Gasteiger partial charge in [0, 0.05) is 20.1 Å². The fourth-order valence-corrected chi connectivity index (χ4v) is 2.39. The van der Waals surface area contributed by atoms with Crippen molar-refractivity contribution in [3.63, 3.8) is 0 Å². The summed E-state index contributed by atoms with van der Waals surface area (Å²) in [6.07, 6.45) is 1.80. The van der Waals surface area contributed by atoms with Crippen molar-refractivity contribution in [1.29, 1.82) is 0 Å². The van der Waals surface area contributed by atoms with E-state index in [1.807, 2.05) is 25.1 Å². The molecule has 1 aromatic heterocycles. The molecule has 0 amide bonds. The number of nitrogens with zero attached hydrogens (tertiary/aromatic N) is 2. The maximum Gasteiger partial charge on any atom is 0.142 e. The van der Waals surface area contributed by atoms with Gasteiger partial charge in [-0.3, -0.25) is 4.79 Å². The van der Waals surface area contributed by atoms with Gasteiger partial charge >= 0.3 is 0 Å². The quantitative estimate of drug-likeness (QED) is 0.779. The number of hydrogen-bond donors (Lipinski definition) is 0. The number of para-hydroxylation sites is 2. The van der Waals surface area contributed by atoms with Gasteiger partial charge in [-0.25, -0.2) is 4.98 Å².